The lowest BCUT2D eigenvalue weighted by atomic mass is 10.2. The molecule has 2 heterocycles. The van der Waals surface area contributed by atoms with Crippen LogP contribution in [0.5, 0.6) is 0 Å². The highest BCUT2D eigenvalue weighted by Gasteiger charge is 2.19. The molecule has 27 heavy (non-hydrogen) atoms. The largest absolute Gasteiger partial charge is 0.368 e. The number of aliphatic imine (C=N–C) groups is 1. The summed E-state index contributed by atoms with van der Waals surface area (Å²) in [6.07, 6.45) is 1.87. The van der Waals surface area contributed by atoms with Crippen molar-refractivity contribution < 1.29 is 4.39 Å². The van der Waals surface area contributed by atoms with E-state index in [-0.39, 0.29) is 5.82 Å². The van der Waals surface area contributed by atoms with E-state index in [9.17, 15) is 4.39 Å². The molecule has 1 fully saturated rings. The number of anilines is 1. The number of halogens is 1. The van der Waals surface area contributed by atoms with E-state index >= 15 is 0 Å². The first-order valence-electron chi connectivity index (χ1n) is 9.66. The summed E-state index contributed by atoms with van der Waals surface area (Å²) >= 11 is 1.73. The topological polar surface area (TPSA) is 43.8 Å². The Morgan fingerprint density at radius 3 is 2.56 bits per heavy atom. The van der Waals surface area contributed by atoms with Crippen molar-refractivity contribution in [1.82, 2.24) is 15.2 Å². The number of hydrogen-bond acceptors (Lipinski definition) is 4. The van der Waals surface area contributed by atoms with Gasteiger partial charge in [-0.15, -0.1) is 11.3 Å². The van der Waals surface area contributed by atoms with Gasteiger partial charge in [-0.25, -0.2) is 9.37 Å². The van der Waals surface area contributed by atoms with E-state index in [0.717, 1.165) is 69.5 Å². The lowest BCUT2D eigenvalue weighted by molar-refractivity contribution is 0.372. The van der Waals surface area contributed by atoms with Crippen LogP contribution in [0.4, 0.5) is 10.1 Å². The van der Waals surface area contributed by atoms with E-state index < -0.39 is 0 Å². The normalized spacial score (nSPS) is 15.3. The van der Waals surface area contributed by atoms with Crippen LogP contribution >= 0.6 is 11.3 Å². The molecule has 5 nitrogen and oxygen atoms in total. The number of rotatable bonds is 6. The molecule has 0 spiro atoms. The smallest absolute Gasteiger partial charge is 0.194 e. The molecule has 0 saturated carbocycles. The van der Waals surface area contributed by atoms with Crippen LogP contribution < -0.4 is 10.2 Å². The van der Waals surface area contributed by atoms with Crippen LogP contribution in [0.25, 0.3) is 0 Å². The Morgan fingerprint density at radius 2 is 1.93 bits per heavy atom. The van der Waals surface area contributed by atoms with Crippen molar-refractivity contribution in [2.24, 2.45) is 4.99 Å². The van der Waals surface area contributed by atoms with E-state index in [2.05, 4.69) is 39.3 Å². The lowest BCUT2D eigenvalue weighted by Crippen LogP contribution is -2.52. The van der Waals surface area contributed by atoms with Gasteiger partial charge in [-0.2, -0.15) is 0 Å². The minimum atomic E-state index is -0.190. The number of hydrogen-bond donors (Lipinski definition) is 1. The number of aromatic nitrogens is 1. The SMILES string of the molecule is CCNC(=NCCc1csc(CC)n1)N1CCN(c2ccc(F)cc2)CC1. The summed E-state index contributed by atoms with van der Waals surface area (Å²) in [5.41, 5.74) is 2.21. The predicted molar refractivity (Wildman–Crippen MR) is 111 cm³/mol. The standard InChI is InChI=1S/C20H28FN5S/c1-3-19-24-17(15-27-19)9-10-23-20(22-4-2)26-13-11-25(12-14-26)18-7-5-16(21)6-8-18/h5-8,15H,3-4,9-14H2,1-2H3,(H,22,23). The van der Waals surface area contributed by atoms with E-state index in [4.69, 9.17) is 4.99 Å². The Morgan fingerprint density at radius 1 is 1.19 bits per heavy atom. The van der Waals surface area contributed by atoms with Gasteiger partial charge in [0.15, 0.2) is 5.96 Å². The number of guanidine groups is 1. The molecule has 0 atom stereocenters. The van der Waals surface area contributed by atoms with Gasteiger partial charge in [0.05, 0.1) is 10.7 Å². The zero-order chi connectivity index (χ0) is 19.1. The average molecular weight is 390 g/mol. The van der Waals surface area contributed by atoms with Gasteiger partial charge in [-0.3, -0.25) is 4.99 Å². The summed E-state index contributed by atoms with van der Waals surface area (Å²) in [4.78, 5) is 14.0. The summed E-state index contributed by atoms with van der Waals surface area (Å²) in [6, 6.07) is 6.75. The quantitative estimate of drug-likeness (QED) is 0.609. The molecule has 0 bridgehead atoms. The van der Waals surface area contributed by atoms with Gasteiger partial charge in [0, 0.05) is 56.8 Å². The fourth-order valence-electron chi connectivity index (χ4n) is 3.16. The second kappa shape index (κ2) is 9.69. The maximum Gasteiger partial charge on any atom is 0.194 e. The third-order valence-corrected chi connectivity index (χ3v) is 5.68. The first-order valence-corrected chi connectivity index (χ1v) is 10.5. The van der Waals surface area contributed by atoms with E-state index in [1.807, 2.05) is 12.1 Å². The third kappa shape index (κ3) is 5.42. The Kier molecular flexibility index (Phi) is 7.04. The molecule has 0 unspecified atom stereocenters. The van der Waals surface area contributed by atoms with Crippen molar-refractivity contribution in [2.45, 2.75) is 26.7 Å². The number of nitrogens with one attached hydrogen (secondary N) is 1. The van der Waals surface area contributed by atoms with Crippen molar-refractivity contribution in [2.75, 3.05) is 44.2 Å². The number of thiazole rings is 1. The first-order chi connectivity index (χ1) is 13.2. The minimum absolute atomic E-state index is 0.190. The van der Waals surface area contributed by atoms with Crippen LogP contribution in [0.2, 0.25) is 0 Å². The van der Waals surface area contributed by atoms with Crippen LogP contribution in [-0.4, -0.2) is 55.1 Å². The Balaban J connectivity index is 1.54. The minimum Gasteiger partial charge on any atom is -0.368 e. The van der Waals surface area contributed by atoms with Crippen LogP contribution in [0, 0.1) is 5.82 Å². The van der Waals surface area contributed by atoms with Gasteiger partial charge in [0.2, 0.25) is 0 Å². The van der Waals surface area contributed by atoms with Crippen LogP contribution in [-0.2, 0) is 12.8 Å². The number of aryl methyl sites for hydroxylation is 1. The van der Waals surface area contributed by atoms with Crippen LogP contribution in [0.1, 0.15) is 24.5 Å². The van der Waals surface area contributed by atoms with Crippen molar-refractivity contribution in [3.8, 4) is 0 Å². The summed E-state index contributed by atoms with van der Waals surface area (Å²) in [6.45, 7) is 9.44. The third-order valence-electron chi connectivity index (χ3n) is 4.64. The molecule has 7 heteroatoms. The Bertz CT molecular complexity index is 735. The summed E-state index contributed by atoms with van der Waals surface area (Å²) < 4.78 is 13.1. The molecule has 1 aromatic carbocycles. The highest BCUT2D eigenvalue weighted by atomic mass is 32.1. The second-order valence-corrected chi connectivity index (χ2v) is 7.46. The molecule has 1 saturated heterocycles. The monoisotopic (exact) mass is 389 g/mol. The van der Waals surface area contributed by atoms with Gasteiger partial charge < -0.3 is 15.1 Å². The van der Waals surface area contributed by atoms with Gasteiger partial charge >= 0.3 is 0 Å². The fraction of sp³-hybridized carbons (Fsp3) is 0.500. The summed E-state index contributed by atoms with van der Waals surface area (Å²) in [5.74, 6) is 0.785. The van der Waals surface area contributed by atoms with Gasteiger partial charge in [-0.1, -0.05) is 6.92 Å². The highest BCUT2D eigenvalue weighted by molar-refractivity contribution is 7.09. The molecular weight excluding hydrogens is 361 g/mol. The molecule has 0 radical (unpaired) electrons. The van der Waals surface area contributed by atoms with E-state index in [0.29, 0.717) is 0 Å². The van der Waals surface area contributed by atoms with Crippen molar-refractivity contribution in [3.63, 3.8) is 0 Å². The number of piperazine rings is 1. The van der Waals surface area contributed by atoms with Gasteiger partial charge in [-0.05, 0) is 37.6 Å². The Labute approximate surface area is 164 Å². The van der Waals surface area contributed by atoms with Crippen molar-refractivity contribution >= 4 is 23.0 Å². The molecular formula is C20H28FN5S. The second-order valence-electron chi connectivity index (χ2n) is 6.52. The highest BCUT2D eigenvalue weighted by Crippen LogP contribution is 2.17. The molecule has 0 amide bonds. The predicted octanol–water partition coefficient (Wildman–Crippen LogP) is 3.17. The lowest BCUT2D eigenvalue weighted by Gasteiger charge is -2.37. The summed E-state index contributed by atoms with van der Waals surface area (Å²) in [5, 5.41) is 6.74. The van der Waals surface area contributed by atoms with Gasteiger partial charge in [0.25, 0.3) is 0 Å². The zero-order valence-electron chi connectivity index (χ0n) is 16.1. The molecule has 1 aliphatic rings. The number of benzene rings is 1. The zero-order valence-corrected chi connectivity index (χ0v) is 16.9. The average Bonchev–Trinajstić information content (AvgIpc) is 3.16. The number of nitrogens with zero attached hydrogens (tertiary/aromatic N) is 4. The van der Waals surface area contributed by atoms with E-state index in [1.54, 1.807) is 11.3 Å². The molecule has 1 N–H and O–H groups in total. The van der Waals surface area contributed by atoms with Crippen molar-refractivity contribution in [1.29, 1.82) is 0 Å². The maximum atomic E-state index is 13.1. The molecule has 1 aliphatic heterocycles. The van der Waals surface area contributed by atoms with Crippen LogP contribution in [0.15, 0.2) is 34.6 Å². The molecule has 2 aromatic rings. The van der Waals surface area contributed by atoms with Crippen LogP contribution in [0.3, 0.4) is 0 Å². The van der Waals surface area contributed by atoms with E-state index in [1.165, 1.54) is 17.1 Å². The fourth-order valence-corrected chi connectivity index (χ4v) is 3.94. The Hall–Kier alpha value is -2.15. The molecule has 0 aliphatic carbocycles. The summed E-state index contributed by atoms with van der Waals surface area (Å²) in [7, 11) is 0. The molecule has 146 valence electrons. The van der Waals surface area contributed by atoms with Gasteiger partial charge in [0.1, 0.15) is 5.82 Å². The maximum absolute atomic E-state index is 13.1. The first kappa shape index (κ1) is 19.6. The molecule has 1 aromatic heterocycles. The van der Waals surface area contributed by atoms with Crippen molar-refractivity contribution in [3.05, 3.63) is 46.2 Å². The molecule has 3 rings (SSSR count).